The van der Waals surface area contributed by atoms with Gasteiger partial charge in [-0.1, -0.05) is 29.8 Å². The summed E-state index contributed by atoms with van der Waals surface area (Å²) in [7, 11) is 0. The van der Waals surface area contributed by atoms with Crippen molar-refractivity contribution in [3.8, 4) is 0 Å². The average molecular weight is 252 g/mol. The second-order valence-electron chi connectivity index (χ2n) is 3.33. The van der Waals surface area contributed by atoms with Gasteiger partial charge in [-0.05, 0) is 19.1 Å². The minimum Gasteiger partial charge on any atom is -0.322 e. The molecule has 0 saturated heterocycles. The summed E-state index contributed by atoms with van der Waals surface area (Å²) in [5, 5.41) is 5.09. The number of hydrogen-bond acceptors (Lipinski definition) is 2. The van der Waals surface area contributed by atoms with E-state index in [0.29, 0.717) is 10.6 Å². The van der Waals surface area contributed by atoms with E-state index in [2.05, 4.69) is 5.32 Å². The maximum Gasteiger partial charge on any atom is 0.258 e. The van der Waals surface area contributed by atoms with Crippen LogP contribution in [0, 0.1) is 6.92 Å². The summed E-state index contributed by atoms with van der Waals surface area (Å²) in [6.45, 7) is 1.89. The molecule has 1 N–H and O–H groups in total. The number of halogens is 1. The van der Waals surface area contributed by atoms with Gasteiger partial charge in [-0.3, -0.25) is 4.79 Å². The van der Waals surface area contributed by atoms with Gasteiger partial charge in [-0.15, -0.1) is 11.3 Å². The normalized spacial score (nSPS) is 10.1. The van der Waals surface area contributed by atoms with E-state index in [4.69, 9.17) is 11.6 Å². The molecule has 0 aliphatic rings. The number of aryl methyl sites for hydroxylation is 1. The number of nitrogens with one attached hydrogen (secondary N) is 1. The Morgan fingerprint density at radius 1 is 1.31 bits per heavy atom. The van der Waals surface area contributed by atoms with Crippen LogP contribution >= 0.6 is 22.9 Å². The molecule has 2 rings (SSSR count). The van der Waals surface area contributed by atoms with Crippen LogP contribution in [-0.4, -0.2) is 5.91 Å². The summed E-state index contributed by atoms with van der Waals surface area (Å²) in [4.78, 5) is 12.9. The molecule has 2 nitrogen and oxygen atoms in total. The quantitative estimate of drug-likeness (QED) is 0.860. The molecule has 1 heterocycles. The molecule has 0 fully saturated rings. The molecule has 0 radical (unpaired) electrons. The van der Waals surface area contributed by atoms with Gasteiger partial charge in [0.25, 0.3) is 5.91 Å². The first-order valence-electron chi connectivity index (χ1n) is 4.78. The van der Waals surface area contributed by atoms with Crippen LogP contribution in [-0.2, 0) is 0 Å². The molecule has 4 heteroatoms. The van der Waals surface area contributed by atoms with E-state index in [-0.39, 0.29) is 5.91 Å². The smallest absolute Gasteiger partial charge is 0.258 e. The van der Waals surface area contributed by atoms with Crippen LogP contribution in [0.15, 0.2) is 35.7 Å². The molecule has 1 aromatic heterocycles. The minimum absolute atomic E-state index is 0.157. The van der Waals surface area contributed by atoms with E-state index in [0.717, 1.165) is 10.6 Å². The van der Waals surface area contributed by atoms with Gasteiger partial charge in [0.1, 0.15) is 0 Å². The predicted molar refractivity (Wildman–Crippen MR) is 68.5 cm³/mol. The van der Waals surface area contributed by atoms with Crippen molar-refractivity contribution in [2.75, 3.05) is 5.32 Å². The number of rotatable bonds is 2. The van der Waals surface area contributed by atoms with Crippen molar-refractivity contribution in [3.05, 3.63) is 51.2 Å². The van der Waals surface area contributed by atoms with Crippen molar-refractivity contribution in [2.24, 2.45) is 0 Å². The Hall–Kier alpha value is -1.32. The van der Waals surface area contributed by atoms with Gasteiger partial charge in [0.15, 0.2) is 0 Å². The highest BCUT2D eigenvalue weighted by Gasteiger charge is 2.15. The van der Waals surface area contributed by atoms with E-state index >= 15 is 0 Å². The summed E-state index contributed by atoms with van der Waals surface area (Å²) >= 11 is 7.43. The number of thiophene rings is 1. The van der Waals surface area contributed by atoms with E-state index in [9.17, 15) is 4.79 Å². The van der Waals surface area contributed by atoms with Gasteiger partial charge in [0.2, 0.25) is 0 Å². The fourth-order valence-electron chi connectivity index (χ4n) is 1.41. The highest BCUT2D eigenvalue weighted by molar-refractivity contribution is 7.10. The van der Waals surface area contributed by atoms with Gasteiger partial charge in [-0.2, -0.15) is 0 Å². The van der Waals surface area contributed by atoms with E-state index in [1.807, 2.05) is 37.3 Å². The maximum absolute atomic E-state index is 11.9. The van der Waals surface area contributed by atoms with Crippen LogP contribution in [0.4, 0.5) is 5.69 Å². The van der Waals surface area contributed by atoms with Crippen molar-refractivity contribution in [2.45, 2.75) is 6.92 Å². The summed E-state index contributed by atoms with van der Waals surface area (Å²) in [6.07, 6.45) is 0. The first kappa shape index (κ1) is 11.2. The molecule has 0 saturated carbocycles. The number of carbonyl (C=O) groups is 1. The fourth-order valence-corrected chi connectivity index (χ4v) is 2.55. The van der Waals surface area contributed by atoms with Crippen LogP contribution in [0.1, 0.15) is 15.2 Å². The lowest BCUT2D eigenvalue weighted by Gasteiger charge is -2.04. The molecule has 82 valence electrons. The SMILES string of the molecule is Cc1scc(Cl)c1C(=O)Nc1ccccc1. The number of benzene rings is 1. The lowest BCUT2D eigenvalue weighted by molar-refractivity contribution is 0.102. The number of para-hydroxylation sites is 1. The molecule has 0 atom stereocenters. The number of amides is 1. The Labute approximate surface area is 103 Å². The van der Waals surface area contributed by atoms with Gasteiger partial charge >= 0.3 is 0 Å². The van der Waals surface area contributed by atoms with Crippen molar-refractivity contribution in [1.29, 1.82) is 0 Å². The Balaban J connectivity index is 2.22. The minimum atomic E-state index is -0.157. The zero-order valence-corrected chi connectivity index (χ0v) is 10.2. The largest absolute Gasteiger partial charge is 0.322 e. The Morgan fingerprint density at radius 3 is 2.56 bits per heavy atom. The van der Waals surface area contributed by atoms with Crippen LogP contribution in [0.3, 0.4) is 0 Å². The first-order chi connectivity index (χ1) is 7.68. The van der Waals surface area contributed by atoms with Crippen LogP contribution < -0.4 is 5.32 Å². The van der Waals surface area contributed by atoms with Crippen molar-refractivity contribution in [3.63, 3.8) is 0 Å². The maximum atomic E-state index is 11.9. The standard InChI is InChI=1S/C12H10ClNOS/c1-8-11(10(13)7-16-8)12(15)14-9-5-3-2-4-6-9/h2-7H,1H3,(H,14,15). The summed E-state index contributed by atoms with van der Waals surface area (Å²) in [5.41, 5.74) is 1.34. The zero-order chi connectivity index (χ0) is 11.5. The fraction of sp³-hybridized carbons (Fsp3) is 0.0833. The lowest BCUT2D eigenvalue weighted by atomic mass is 10.2. The third-order valence-corrected chi connectivity index (χ3v) is 3.53. The zero-order valence-electron chi connectivity index (χ0n) is 8.66. The first-order valence-corrected chi connectivity index (χ1v) is 6.04. The van der Waals surface area contributed by atoms with Crippen molar-refractivity contribution in [1.82, 2.24) is 0 Å². The molecule has 1 aromatic carbocycles. The van der Waals surface area contributed by atoms with Crippen LogP contribution in [0.5, 0.6) is 0 Å². The van der Waals surface area contributed by atoms with Crippen molar-refractivity contribution >= 4 is 34.5 Å². The van der Waals surface area contributed by atoms with Gasteiger partial charge < -0.3 is 5.32 Å². The number of hydrogen-bond donors (Lipinski definition) is 1. The molecule has 16 heavy (non-hydrogen) atoms. The third kappa shape index (κ3) is 2.26. The molecule has 0 aliphatic carbocycles. The highest BCUT2D eigenvalue weighted by Crippen LogP contribution is 2.26. The second-order valence-corrected chi connectivity index (χ2v) is 4.83. The van der Waals surface area contributed by atoms with Crippen LogP contribution in [0.2, 0.25) is 5.02 Å². The van der Waals surface area contributed by atoms with E-state index < -0.39 is 0 Å². The van der Waals surface area contributed by atoms with E-state index in [1.165, 1.54) is 11.3 Å². The Bertz CT molecular complexity index is 487. The predicted octanol–water partition coefficient (Wildman–Crippen LogP) is 3.96. The molecule has 0 unspecified atom stereocenters. The molecular formula is C12H10ClNOS. The Morgan fingerprint density at radius 2 is 2.00 bits per heavy atom. The summed E-state index contributed by atoms with van der Waals surface area (Å²) < 4.78 is 0. The second kappa shape index (κ2) is 4.68. The molecule has 0 bridgehead atoms. The number of anilines is 1. The molecular weight excluding hydrogens is 242 g/mol. The topological polar surface area (TPSA) is 29.1 Å². The Kier molecular flexibility index (Phi) is 3.27. The van der Waals surface area contributed by atoms with Gasteiger partial charge in [0.05, 0.1) is 10.6 Å². The molecule has 0 spiro atoms. The van der Waals surface area contributed by atoms with E-state index in [1.54, 1.807) is 5.38 Å². The van der Waals surface area contributed by atoms with Crippen LogP contribution in [0.25, 0.3) is 0 Å². The number of carbonyl (C=O) groups excluding carboxylic acids is 1. The highest BCUT2D eigenvalue weighted by atomic mass is 35.5. The molecule has 0 aliphatic heterocycles. The summed E-state index contributed by atoms with van der Waals surface area (Å²) in [6, 6.07) is 9.33. The molecule has 1 amide bonds. The van der Waals surface area contributed by atoms with Gasteiger partial charge in [0, 0.05) is 15.9 Å². The molecule has 2 aromatic rings. The summed E-state index contributed by atoms with van der Waals surface area (Å²) in [5.74, 6) is -0.157. The average Bonchev–Trinajstić information content (AvgIpc) is 2.60. The third-order valence-electron chi connectivity index (χ3n) is 2.19. The van der Waals surface area contributed by atoms with Crippen molar-refractivity contribution < 1.29 is 4.79 Å². The lowest BCUT2D eigenvalue weighted by Crippen LogP contribution is -2.12. The monoisotopic (exact) mass is 251 g/mol. The van der Waals surface area contributed by atoms with Gasteiger partial charge in [-0.25, -0.2) is 0 Å².